The first kappa shape index (κ1) is 17.2. The summed E-state index contributed by atoms with van der Waals surface area (Å²) >= 11 is 0. The molecular weight excluding hydrogens is 252 g/mol. The molecule has 0 aromatic rings. The van der Waals surface area contributed by atoms with E-state index in [1.54, 1.807) is 20.8 Å². The topological polar surface area (TPSA) is 84.9 Å². The predicted molar refractivity (Wildman–Crippen MR) is 68.5 cm³/mol. The van der Waals surface area contributed by atoms with Crippen LogP contribution in [0.25, 0.3) is 0 Å². The molecule has 0 unspecified atom stereocenters. The van der Waals surface area contributed by atoms with Crippen LogP contribution in [0.5, 0.6) is 0 Å². The second kappa shape index (κ2) is 5.90. The van der Waals surface area contributed by atoms with Crippen molar-refractivity contribution < 1.29 is 23.9 Å². The van der Waals surface area contributed by atoms with Gasteiger partial charge in [-0.05, 0) is 27.7 Å². The first-order chi connectivity index (χ1) is 8.50. The SMILES string of the molecule is CNC(=O)[C@](C)(C(=O)OC)N(C)C(=O)OC(C)(C)C. The smallest absolute Gasteiger partial charge is 0.411 e. The molecule has 0 bridgehead atoms. The molecule has 0 aliphatic heterocycles. The van der Waals surface area contributed by atoms with Crippen LogP contribution in [0.1, 0.15) is 27.7 Å². The first-order valence-electron chi connectivity index (χ1n) is 5.78. The molecule has 0 saturated heterocycles. The minimum absolute atomic E-state index is 0.660. The summed E-state index contributed by atoms with van der Waals surface area (Å²) < 4.78 is 9.72. The molecule has 0 saturated carbocycles. The number of esters is 1. The van der Waals surface area contributed by atoms with Crippen LogP contribution in [-0.2, 0) is 19.1 Å². The number of likely N-dealkylation sites (N-methyl/N-ethyl adjacent to an activating group) is 2. The van der Waals surface area contributed by atoms with Crippen molar-refractivity contribution in [1.29, 1.82) is 0 Å². The van der Waals surface area contributed by atoms with Gasteiger partial charge in [0.25, 0.3) is 5.91 Å². The van der Waals surface area contributed by atoms with Crippen molar-refractivity contribution >= 4 is 18.0 Å². The van der Waals surface area contributed by atoms with E-state index in [1.165, 1.54) is 21.0 Å². The van der Waals surface area contributed by atoms with Gasteiger partial charge >= 0.3 is 12.1 Å². The standard InChI is InChI=1S/C12H22N2O5/c1-11(2,3)19-10(17)14(6)12(4,8(15)13-5)9(16)18-7/h1-7H3,(H,13,15)/t12-/m1/s1. The summed E-state index contributed by atoms with van der Waals surface area (Å²) in [7, 11) is 3.82. The third kappa shape index (κ3) is 3.84. The maximum atomic E-state index is 12.0. The summed E-state index contributed by atoms with van der Waals surface area (Å²) in [6.45, 7) is 6.36. The average Bonchev–Trinajstić information content (AvgIpc) is 2.32. The van der Waals surface area contributed by atoms with Gasteiger partial charge in [-0.2, -0.15) is 0 Å². The number of ether oxygens (including phenoxy) is 2. The quantitative estimate of drug-likeness (QED) is 0.599. The lowest BCUT2D eigenvalue weighted by Gasteiger charge is -2.35. The fourth-order valence-electron chi connectivity index (χ4n) is 1.34. The van der Waals surface area contributed by atoms with Gasteiger partial charge in [-0.3, -0.25) is 9.69 Å². The van der Waals surface area contributed by atoms with E-state index >= 15 is 0 Å². The zero-order valence-corrected chi connectivity index (χ0v) is 12.5. The molecule has 1 N–H and O–H groups in total. The van der Waals surface area contributed by atoms with Gasteiger partial charge in [0.15, 0.2) is 0 Å². The molecule has 0 fully saturated rings. The van der Waals surface area contributed by atoms with E-state index in [0.717, 1.165) is 12.0 Å². The van der Waals surface area contributed by atoms with Crippen LogP contribution < -0.4 is 5.32 Å². The van der Waals surface area contributed by atoms with Gasteiger partial charge in [-0.25, -0.2) is 9.59 Å². The van der Waals surface area contributed by atoms with Crippen molar-refractivity contribution in [2.45, 2.75) is 38.8 Å². The van der Waals surface area contributed by atoms with Crippen LogP contribution in [0.2, 0.25) is 0 Å². The number of methoxy groups -OCH3 is 1. The third-order valence-corrected chi connectivity index (χ3v) is 2.59. The number of nitrogens with one attached hydrogen (secondary N) is 1. The number of hydrogen-bond donors (Lipinski definition) is 1. The molecule has 19 heavy (non-hydrogen) atoms. The van der Waals surface area contributed by atoms with Crippen LogP contribution >= 0.6 is 0 Å². The lowest BCUT2D eigenvalue weighted by molar-refractivity contribution is -0.159. The summed E-state index contributed by atoms with van der Waals surface area (Å²) in [6, 6.07) is 0. The van der Waals surface area contributed by atoms with Crippen molar-refractivity contribution in [2.24, 2.45) is 0 Å². The van der Waals surface area contributed by atoms with Crippen molar-refractivity contribution in [2.75, 3.05) is 21.2 Å². The number of carbonyl (C=O) groups is 3. The molecule has 0 aromatic heterocycles. The molecule has 0 heterocycles. The minimum atomic E-state index is -1.79. The summed E-state index contributed by atoms with van der Waals surface area (Å²) in [5.74, 6) is -1.51. The highest BCUT2D eigenvalue weighted by Crippen LogP contribution is 2.19. The zero-order valence-electron chi connectivity index (χ0n) is 12.5. The van der Waals surface area contributed by atoms with Gasteiger partial charge in [-0.15, -0.1) is 0 Å². The zero-order chi connectivity index (χ0) is 15.4. The van der Waals surface area contributed by atoms with Gasteiger partial charge in [-0.1, -0.05) is 0 Å². The Kier molecular flexibility index (Phi) is 5.34. The lowest BCUT2D eigenvalue weighted by Crippen LogP contribution is -2.62. The Morgan fingerprint density at radius 2 is 1.58 bits per heavy atom. The van der Waals surface area contributed by atoms with Gasteiger partial charge < -0.3 is 14.8 Å². The Bertz CT molecular complexity index is 357. The Morgan fingerprint density at radius 1 is 1.11 bits per heavy atom. The number of amides is 2. The molecule has 0 aromatic carbocycles. The maximum absolute atomic E-state index is 12.0. The van der Waals surface area contributed by atoms with E-state index in [1.807, 2.05) is 0 Å². The molecule has 0 aliphatic rings. The Labute approximate surface area is 113 Å². The molecule has 0 aliphatic carbocycles. The van der Waals surface area contributed by atoms with Crippen LogP contribution in [0, 0.1) is 0 Å². The molecule has 7 heteroatoms. The van der Waals surface area contributed by atoms with Crippen molar-refractivity contribution in [3.8, 4) is 0 Å². The van der Waals surface area contributed by atoms with Crippen LogP contribution in [0.15, 0.2) is 0 Å². The van der Waals surface area contributed by atoms with Gasteiger partial charge in [0.1, 0.15) is 5.60 Å². The van der Waals surface area contributed by atoms with Gasteiger partial charge in [0.05, 0.1) is 7.11 Å². The fourth-order valence-corrected chi connectivity index (χ4v) is 1.34. The summed E-state index contributed by atoms with van der Waals surface area (Å²) in [4.78, 5) is 36.6. The van der Waals surface area contributed by atoms with E-state index in [2.05, 4.69) is 10.1 Å². The monoisotopic (exact) mass is 274 g/mol. The number of nitrogens with zero attached hydrogens (tertiary/aromatic N) is 1. The molecular formula is C12H22N2O5. The minimum Gasteiger partial charge on any atom is -0.467 e. The molecule has 0 radical (unpaired) electrons. The van der Waals surface area contributed by atoms with Crippen LogP contribution in [-0.4, -0.2) is 55.2 Å². The van der Waals surface area contributed by atoms with Gasteiger partial charge in [0, 0.05) is 14.1 Å². The average molecular weight is 274 g/mol. The van der Waals surface area contributed by atoms with Gasteiger partial charge in [0.2, 0.25) is 5.54 Å². The molecule has 110 valence electrons. The maximum Gasteiger partial charge on any atom is 0.411 e. The van der Waals surface area contributed by atoms with E-state index in [9.17, 15) is 14.4 Å². The van der Waals surface area contributed by atoms with E-state index in [-0.39, 0.29) is 0 Å². The highest BCUT2D eigenvalue weighted by Gasteiger charge is 2.49. The van der Waals surface area contributed by atoms with E-state index < -0.39 is 29.1 Å². The van der Waals surface area contributed by atoms with E-state index in [4.69, 9.17) is 4.74 Å². The number of rotatable bonds is 3. The normalized spacial score (nSPS) is 14.1. The highest BCUT2D eigenvalue weighted by molar-refractivity contribution is 6.08. The van der Waals surface area contributed by atoms with Crippen LogP contribution in [0.3, 0.4) is 0 Å². The molecule has 1 atom stereocenters. The Hall–Kier alpha value is -1.79. The first-order valence-corrected chi connectivity index (χ1v) is 5.78. The van der Waals surface area contributed by atoms with Crippen molar-refractivity contribution in [1.82, 2.24) is 10.2 Å². The number of carbonyl (C=O) groups excluding carboxylic acids is 3. The molecule has 7 nitrogen and oxygen atoms in total. The molecule has 0 rings (SSSR count). The highest BCUT2D eigenvalue weighted by atomic mass is 16.6. The second-order valence-corrected chi connectivity index (χ2v) is 5.18. The summed E-state index contributed by atoms with van der Waals surface area (Å²) in [5, 5.41) is 2.33. The number of hydrogen-bond acceptors (Lipinski definition) is 5. The Balaban J connectivity index is 5.35. The van der Waals surface area contributed by atoms with Crippen molar-refractivity contribution in [3.63, 3.8) is 0 Å². The van der Waals surface area contributed by atoms with Crippen LogP contribution in [0.4, 0.5) is 4.79 Å². The molecule has 0 spiro atoms. The van der Waals surface area contributed by atoms with E-state index in [0.29, 0.717) is 0 Å². The third-order valence-electron chi connectivity index (χ3n) is 2.59. The van der Waals surface area contributed by atoms with Crippen molar-refractivity contribution in [3.05, 3.63) is 0 Å². The predicted octanol–water partition coefficient (Wildman–Crippen LogP) is 0.531. The summed E-state index contributed by atoms with van der Waals surface area (Å²) in [5.41, 5.74) is -2.52. The largest absolute Gasteiger partial charge is 0.467 e. The second-order valence-electron chi connectivity index (χ2n) is 5.18. The molecule has 2 amide bonds. The summed E-state index contributed by atoms with van der Waals surface area (Å²) in [6.07, 6.45) is -0.788. The lowest BCUT2D eigenvalue weighted by atomic mass is 10.00. The fraction of sp³-hybridized carbons (Fsp3) is 0.750. The Morgan fingerprint density at radius 3 is 1.89 bits per heavy atom.